The van der Waals surface area contributed by atoms with Crippen LogP contribution < -0.4 is 25.4 Å². The van der Waals surface area contributed by atoms with Crippen LogP contribution in [0, 0.1) is 0 Å². The third kappa shape index (κ3) is 5.24. The Bertz CT molecular complexity index is 915. The summed E-state index contributed by atoms with van der Waals surface area (Å²) in [5.41, 5.74) is 6.01. The third-order valence-electron chi connectivity index (χ3n) is 5.27. The summed E-state index contributed by atoms with van der Waals surface area (Å²) in [5, 5.41) is 3.23. The normalized spacial score (nSPS) is 17.5. The fourth-order valence-corrected chi connectivity index (χ4v) is 3.62. The van der Waals surface area contributed by atoms with Crippen molar-refractivity contribution in [2.24, 2.45) is 5.73 Å². The molecule has 2 amide bonds. The van der Waals surface area contributed by atoms with E-state index in [4.69, 9.17) is 24.7 Å². The maximum atomic E-state index is 11.6. The van der Waals surface area contributed by atoms with Gasteiger partial charge in [-0.15, -0.1) is 0 Å². The van der Waals surface area contributed by atoms with Crippen LogP contribution in [0.2, 0.25) is 0 Å². The molecule has 3 N–H and O–H groups in total. The first-order valence-electron chi connectivity index (χ1n) is 10.4. The maximum Gasteiger partial charge on any atom is 0.317 e. The van der Waals surface area contributed by atoms with Crippen molar-refractivity contribution < 1.29 is 23.7 Å². The number of amides is 2. The summed E-state index contributed by atoms with van der Waals surface area (Å²) in [4.78, 5) is 25.1. The number of hydrogen-bond acceptors (Lipinski definition) is 9. The number of anilines is 2. The van der Waals surface area contributed by atoms with E-state index in [1.54, 1.807) is 19.2 Å². The molecule has 2 fully saturated rings. The Morgan fingerprint density at radius 1 is 1.10 bits per heavy atom. The van der Waals surface area contributed by atoms with E-state index in [9.17, 15) is 4.79 Å². The van der Waals surface area contributed by atoms with Crippen molar-refractivity contribution in [3.8, 4) is 11.5 Å². The molecule has 0 radical (unpaired) electrons. The number of methoxy groups -OCH3 is 1. The Balaban J connectivity index is 1.61. The Morgan fingerprint density at radius 3 is 2.48 bits per heavy atom. The monoisotopic (exact) mass is 432 g/mol. The molecule has 0 unspecified atom stereocenters. The number of primary amides is 1. The molecule has 0 bridgehead atoms. The Labute approximate surface area is 180 Å². The molecule has 4 rings (SSSR count). The molecule has 0 saturated carbocycles. The number of rotatable bonds is 7. The minimum absolute atomic E-state index is 0.333. The fraction of sp³-hybridized carbons (Fsp3) is 0.550. The summed E-state index contributed by atoms with van der Waals surface area (Å²) in [6.45, 7) is 7.07. The summed E-state index contributed by atoms with van der Waals surface area (Å²) >= 11 is 0. The molecule has 2 aromatic rings. The van der Waals surface area contributed by atoms with Gasteiger partial charge in [-0.2, -0.15) is 4.98 Å². The van der Waals surface area contributed by atoms with Crippen LogP contribution in [0.4, 0.5) is 16.6 Å². The van der Waals surface area contributed by atoms with Crippen molar-refractivity contribution in [2.45, 2.75) is 0 Å². The summed E-state index contributed by atoms with van der Waals surface area (Å²) < 4.78 is 22.3. The Hall–Kier alpha value is -2.89. The van der Waals surface area contributed by atoms with Crippen LogP contribution in [0.5, 0.6) is 11.5 Å². The number of ether oxygens (including phenoxy) is 4. The first kappa shape index (κ1) is 21.3. The summed E-state index contributed by atoms with van der Waals surface area (Å²) in [5.74, 6) is 1.95. The van der Waals surface area contributed by atoms with Crippen LogP contribution in [-0.4, -0.2) is 93.8 Å². The summed E-state index contributed by atoms with van der Waals surface area (Å²) in [6, 6.07) is 2.87. The molecule has 2 aliphatic rings. The van der Waals surface area contributed by atoms with Gasteiger partial charge in [0.05, 0.1) is 39.1 Å². The van der Waals surface area contributed by atoms with Crippen LogP contribution >= 0.6 is 0 Å². The lowest BCUT2D eigenvalue weighted by Gasteiger charge is -2.27. The molecule has 3 heterocycles. The summed E-state index contributed by atoms with van der Waals surface area (Å²) in [6.07, 6.45) is 0. The minimum atomic E-state index is -0.696. The molecule has 1 aromatic heterocycles. The molecule has 0 spiro atoms. The van der Waals surface area contributed by atoms with E-state index in [1.807, 2.05) is 4.90 Å². The number of nitrogens with one attached hydrogen (secondary N) is 1. The van der Waals surface area contributed by atoms with Gasteiger partial charge in [-0.3, -0.25) is 10.2 Å². The van der Waals surface area contributed by atoms with Gasteiger partial charge in [0.1, 0.15) is 12.4 Å². The van der Waals surface area contributed by atoms with E-state index < -0.39 is 6.03 Å². The topological polar surface area (TPSA) is 124 Å². The average molecular weight is 432 g/mol. The van der Waals surface area contributed by atoms with E-state index in [-0.39, 0.29) is 0 Å². The Kier molecular flexibility index (Phi) is 6.85. The minimum Gasteiger partial charge on any atom is -0.493 e. The zero-order chi connectivity index (χ0) is 21.6. The molecule has 1 aromatic carbocycles. The van der Waals surface area contributed by atoms with Crippen molar-refractivity contribution in [1.82, 2.24) is 14.9 Å². The van der Waals surface area contributed by atoms with Gasteiger partial charge in [-0.1, -0.05) is 0 Å². The zero-order valence-corrected chi connectivity index (χ0v) is 17.6. The van der Waals surface area contributed by atoms with Crippen molar-refractivity contribution in [3.63, 3.8) is 0 Å². The number of urea groups is 1. The second-order valence-electron chi connectivity index (χ2n) is 7.28. The standard InChI is InChI=1S/C20H28N6O5/c1-28-16-13-15-14(12-17(16)31-11-4-25-2-7-29-8-3-25)18(23-19(21)27)24-20(22-15)26-5-9-30-10-6-26/h12-13H,2-11H2,1H3,(H3,21,22,23,24,27). The fourth-order valence-electron chi connectivity index (χ4n) is 3.62. The molecule has 11 heteroatoms. The molecular weight excluding hydrogens is 404 g/mol. The van der Waals surface area contributed by atoms with Crippen LogP contribution in [-0.2, 0) is 9.47 Å². The van der Waals surface area contributed by atoms with Gasteiger partial charge < -0.3 is 29.6 Å². The van der Waals surface area contributed by atoms with E-state index in [0.29, 0.717) is 67.1 Å². The highest BCUT2D eigenvalue weighted by atomic mass is 16.5. The molecule has 2 saturated heterocycles. The molecule has 0 atom stereocenters. The Morgan fingerprint density at radius 2 is 1.81 bits per heavy atom. The predicted octanol–water partition coefficient (Wildman–Crippen LogP) is 0.677. The third-order valence-corrected chi connectivity index (χ3v) is 5.27. The van der Waals surface area contributed by atoms with Gasteiger partial charge in [-0.05, 0) is 6.07 Å². The number of carbonyl (C=O) groups is 1. The number of benzene rings is 1. The van der Waals surface area contributed by atoms with Gasteiger partial charge >= 0.3 is 6.03 Å². The van der Waals surface area contributed by atoms with E-state index in [0.717, 1.165) is 32.8 Å². The first-order valence-corrected chi connectivity index (χ1v) is 10.4. The lowest BCUT2D eigenvalue weighted by atomic mass is 10.2. The highest BCUT2D eigenvalue weighted by Crippen LogP contribution is 2.35. The van der Waals surface area contributed by atoms with Crippen LogP contribution in [0.1, 0.15) is 0 Å². The molecular formula is C20H28N6O5. The number of aromatic nitrogens is 2. The number of fused-ring (bicyclic) bond motifs is 1. The maximum absolute atomic E-state index is 11.6. The summed E-state index contributed by atoms with van der Waals surface area (Å²) in [7, 11) is 1.59. The first-order chi connectivity index (χ1) is 15.1. The van der Waals surface area contributed by atoms with Crippen LogP contribution in [0.25, 0.3) is 10.9 Å². The molecule has 168 valence electrons. The highest BCUT2D eigenvalue weighted by molar-refractivity contribution is 5.99. The quantitative estimate of drug-likeness (QED) is 0.650. The van der Waals surface area contributed by atoms with Gasteiger partial charge in [0.25, 0.3) is 0 Å². The molecule has 11 nitrogen and oxygen atoms in total. The second-order valence-corrected chi connectivity index (χ2v) is 7.28. The largest absolute Gasteiger partial charge is 0.493 e. The van der Waals surface area contributed by atoms with Crippen LogP contribution in [0.15, 0.2) is 12.1 Å². The molecule has 0 aliphatic carbocycles. The van der Waals surface area contributed by atoms with Crippen molar-refractivity contribution in [2.75, 3.05) is 83.1 Å². The number of nitrogens with two attached hydrogens (primary N) is 1. The smallest absolute Gasteiger partial charge is 0.317 e. The van der Waals surface area contributed by atoms with E-state index in [1.165, 1.54) is 0 Å². The van der Waals surface area contributed by atoms with Gasteiger partial charge in [0.15, 0.2) is 11.5 Å². The lowest BCUT2D eigenvalue weighted by Crippen LogP contribution is -2.38. The molecule has 31 heavy (non-hydrogen) atoms. The average Bonchev–Trinajstić information content (AvgIpc) is 2.79. The zero-order valence-electron chi connectivity index (χ0n) is 17.6. The van der Waals surface area contributed by atoms with Crippen LogP contribution in [0.3, 0.4) is 0 Å². The number of hydrogen-bond donors (Lipinski definition) is 2. The van der Waals surface area contributed by atoms with Gasteiger partial charge in [0.2, 0.25) is 5.95 Å². The van der Waals surface area contributed by atoms with Crippen molar-refractivity contribution in [1.29, 1.82) is 0 Å². The second kappa shape index (κ2) is 9.94. The lowest BCUT2D eigenvalue weighted by molar-refractivity contribution is 0.0321. The number of carbonyl (C=O) groups excluding carboxylic acids is 1. The van der Waals surface area contributed by atoms with Gasteiger partial charge in [-0.25, -0.2) is 9.78 Å². The SMILES string of the molecule is COc1cc2nc(N3CCOCC3)nc(NC(N)=O)c2cc1OCCN1CCOCC1. The van der Waals surface area contributed by atoms with Crippen molar-refractivity contribution in [3.05, 3.63) is 12.1 Å². The van der Waals surface area contributed by atoms with E-state index >= 15 is 0 Å². The molecule has 2 aliphatic heterocycles. The highest BCUT2D eigenvalue weighted by Gasteiger charge is 2.20. The van der Waals surface area contributed by atoms with E-state index in [2.05, 4.69) is 20.2 Å². The number of morpholine rings is 2. The van der Waals surface area contributed by atoms with Gasteiger partial charge in [0, 0.05) is 44.2 Å². The van der Waals surface area contributed by atoms with Crippen molar-refractivity contribution >= 4 is 28.7 Å². The number of nitrogens with zero attached hydrogens (tertiary/aromatic N) is 4. The predicted molar refractivity (Wildman–Crippen MR) is 115 cm³/mol.